The smallest absolute Gasteiger partial charge is 0.252 e. The molecule has 1 aromatic carbocycles. The van der Waals surface area contributed by atoms with E-state index in [0.29, 0.717) is 43.2 Å². The summed E-state index contributed by atoms with van der Waals surface area (Å²) in [6, 6.07) is 8.02. The molecular weight excluding hydrogens is 568 g/mol. The molecule has 0 bridgehead atoms. The van der Waals surface area contributed by atoms with Gasteiger partial charge in [0.25, 0.3) is 10.0 Å². The standard InChI is InChI=1S/C28H40N4O7S2/c1-20-17-32(21(2)19-33)27(35)16-22-15-23(29-26(34)8-9-31-10-12-38-13-11-31)6-7-24(22)39-25(20)18-30(3)41(36,37)28-5-4-14-40-28/h4-7,14-15,20-21,25,33H,8-13,16-19H2,1-3H3,(H,29,34)/t20-,21+,25+/m1/s1. The molecule has 2 aliphatic heterocycles. The first-order valence-electron chi connectivity index (χ1n) is 13.9. The third-order valence-electron chi connectivity index (χ3n) is 7.56. The van der Waals surface area contributed by atoms with Crippen molar-refractivity contribution in [3.05, 3.63) is 41.3 Å². The maximum absolute atomic E-state index is 13.4. The first-order valence-corrected chi connectivity index (χ1v) is 16.2. The van der Waals surface area contributed by atoms with Crippen molar-refractivity contribution in [3.8, 4) is 5.75 Å². The van der Waals surface area contributed by atoms with Gasteiger partial charge in [-0.3, -0.25) is 14.5 Å². The minimum Gasteiger partial charge on any atom is -0.488 e. The summed E-state index contributed by atoms with van der Waals surface area (Å²) < 4.78 is 39.6. The van der Waals surface area contributed by atoms with Crippen molar-refractivity contribution < 1.29 is 32.6 Å². The number of nitrogens with one attached hydrogen (secondary N) is 1. The molecule has 2 N–H and O–H groups in total. The normalized spacial score (nSPS) is 21.4. The number of morpholine rings is 1. The van der Waals surface area contributed by atoms with E-state index in [2.05, 4.69) is 10.2 Å². The Bertz CT molecular complexity index is 1280. The van der Waals surface area contributed by atoms with Crippen LogP contribution in [0.4, 0.5) is 5.69 Å². The molecule has 1 saturated heterocycles. The largest absolute Gasteiger partial charge is 0.488 e. The van der Waals surface area contributed by atoms with Crippen molar-refractivity contribution >= 4 is 38.9 Å². The summed E-state index contributed by atoms with van der Waals surface area (Å²) in [4.78, 5) is 29.9. The molecular formula is C28H40N4O7S2. The van der Waals surface area contributed by atoms with Gasteiger partial charge in [0.05, 0.1) is 38.8 Å². The van der Waals surface area contributed by atoms with Crippen LogP contribution in [0, 0.1) is 5.92 Å². The zero-order chi connectivity index (χ0) is 29.6. The van der Waals surface area contributed by atoms with Crippen molar-refractivity contribution in [2.45, 2.75) is 43.0 Å². The monoisotopic (exact) mass is 608 g/mol. The van der Waals surface area contributed by atoms with E-state index in [-0.39, 0.29) is 48.1 Å². The number of ether oxygens (including phenoxy) is 2. The summed E-state index contributed by atoms with van der Waals surface area (Å²) in [7, 11) is -2.19. The molecule has 2 amide bonds. The number of rotatable bonds is 10. The number of sulfonamides is 1. The number of thiophene rings is 1. The van der Waals surface area contributed by atoms with E-state index in [1.165, 1.54) is 11.4 Å². The fourth-order valence-corrected chi connectivity index (χ4v) is 7.33. The van der Waals surface area contributed by atoms with Gasteiger partial charge in [0.15, 0.2) is 0 Å². The summed E-state index contributed by atoms with van der Waals surface area (Å²) in [6.07, 6.45) is -0.236. The van der Waals surface area contributed by atoms with Gasteiger partial charge >= 0.3 is 0 Å². The van der Waals surface area contributed by atoms with Crippen molar-refractivity contribution in [3.63, 3.8) is 0 Å². The van der Waals surface area contributed by atoms with Crippen LogP contribution in [0.1, 0.15) is 25.8 Å². The first-order chi connectivity index (χ1) is 19.6. The van der Waals surface area contributed by atoms with E-state index in [1.807, 2.05) is 6.92 Å². The number of anilines is 1. The SMILES string of the molecule is C[C@@H]1CN([C@@H](C)CO)C(=O)Cc2cc(NC(=O)CCN3CCOCC3)ccc2O[C@H]1CN(C)S(=O)(=O)c1cccs1. The summed E-state index contributed by atoms with van der Waals surface area (Å²) in [5, 5.41) is 14.5. The highest BCUT2D eigenvalue weighted by Crippen LogP contribution is 2.30. The van der Waals surface area contributed by atoms with Crippen LogP contribution in [0.3, 0.4) is 0 Å². The lowest BCUT2D eigenvalue weighted by molar-refractivity contribution is -0.134. The van der Waals surface area contributed by atoms with Crippen molar-refractivity contribution in [2.24, 2.45) is 5.92 Å². The lowest BCUT2D eigenvalue weighted by Gasteiger charge is -2.33. The van der Waals surface area contributed by atoms with Gasteiger partial charge in [-0.2, -0.15) is 4.31 Å². The summed E-state index contributed by atoms with van der Waals surface area (Å²) >= 11 is 1.15. The van der Waals surface area contributed by atoms with E-state index < -0.39 is 22.2 Å². The third kappa shape index (κ3) is 8.05. The molecule has 3 atom stereocenters. The number of aliphatic hydroxyl groups is 1. The van der Waals surface area contributed by atoms with E-state index in [9.17, 15) is 23.1 Å². The molecule has 3 heterocycles. The number of amides is 2. The minimum atomic E-state index is -3.71. The number of benzene rings is 1. The summed E-state index contributed by atoms with van der Waals surface area (Å²) in [5.74, 6) is -0.102. The average molecular weight is 609 g/mol. The van der Waals surface area contributed by atoms with Gasteiger partial charge in [0, 0.05) is 56.8 Å². The fraction of sp³-hybridized carbons (Fsp3) is 0.571. The van der Waals surface area contributed by atoms with Crippen LogP contribution in [-0.4, -0.2) is 111 Å². The Morgan fingerprint density at radius 2 is 2.02 bits per heavy atom. The predicted molar refractivity (Wildman–Crippen MR) is 157 cm³/mol. The molecule has 2 aromatic rings. The van der Waals surface area contributed by atoms with Crippen LogP contribution >= 0.6 is 11.3 Å². The molecule has 0 saturated carbocycles. The number of carbonyl (C=O) groups excluding carboxylic acids is 2. The summed E-state index contributed by atoms with van der Waals surface area (Å²) in [5.41, 5.74) is 1.13. The van der Waals surface area contributed by atoms with Crippen molar-refractivity contribution in [2.75, 3.05) is 64.9 Å². The van der Waals surface area contributed by atoms with Gasteiger partial charge in [-0.1, -0.05) is 13.0 Å². The Kier molecular flexibility index (Phi) is 10.8. The average Bonchev–Trinajstić information content (AvgIpc) is 3.52. The Balaban J connectivity index is 1.55. The second kappa shape index (κ2) is 14.1. The Morgan fingerprint density at radius 1 is 1.27 bits per heavy atom. The van der Waals surface area contributed by atoms with Gasteiger partial charge < -0.3 is 24.8 Å². The van der Waals surface area contributed by atoms with Crippen LogP contribution < -0.4 is 10.1 Å². The van der Waals surface area contributed by atoms with Crippen molar-refractivity contribution in [1.82, 2.24) is 14.1 Å². The lowest BCUT2D eigenvalue weighted by Crippen LogP contribution is -2.48. The molecule has 0 unspecified atom stereocenters. The summed E-state index contributed by atoms with van der Waals surface area (Å²) in [6.45, 7) is 7.42. The van der Waals surface area contributed by atoms with Gasteiger partial charge in [-0.25, -0.2) is 8.42 Å². The van der Waals surface area contributed by atoms with Crippen LogP contribution in [0.15, 0.2) is 39.9 Å². The van der Waals surface area contributed by atoms with Crippen molar-refractivity contribution in [1.29, 1.82) is 0 Å². The van der Waals surface area contributed by atoms with E-state index in [4.69, 9.17) is 9.47 Å². The molecule has 0 spiro atoms. The molecule has 2 aliphatic rings. The highest BCUT2D eigenvalue weighted by atomic mass is 32.2. The van der Waals surface area contributed by atoms with E-state index >= 15 is 0 Å². The van der Waals surface area contributed by atoms with Gasteiger partial charge in [0.1, 0.15) is 16.1 Å². The maximum Gasteiger partial charge on any atom is 0.252 e. The van der Waals surface area contributed by atoms with Crippen LogP contribution in [-0.2, 0) is 30.8 Å². The maximum atomic E-state index is 13.4. The molecule has 1 aromatic heterocycles. The molecule has 11 nitrogen and oxygen atoms in total. The molecule has 4 rings (SSSR count). The van der Waals surface area contributed by atoms with E-state index in [0.717, 1.165) is 24.4 Å². The van der Waals surface area contributed by atoms with Gasteiger partial charge in [-0.15, -0.1) is 11.3 Å². The topological polar surface area (TPSA) is 129 Å². The minimum absolute atomic E-state index is 0.0138. The fourth-order valence-electron chi connectivity index (χ4n) is 4.95. The molecule has 0 aliphatic carbocycles. The molecule has 13 heteroatoms. The van der Waals surface area contributed by atoms with Gasteiger partial charge in [-0.05, 0) is 36.6 Å². The van der Waals surface area contributed by atoms with Crippen LogP contribution in [0.5, 0.6) is 5.75 Å². The second-order valence-corrected chi connectivity index (χ2v) is 13.9. The molecule has 41 heavy (non-hydrogen) atoms. The Morgan fingerprint density at radius 3 is 2.71 bits per heavy atom. The number of carbonyl (C=O) groups is 2. The zero-order valence-electron chi connectivity index (χ0n) is 23.8. The number of hydrogen-bond acceptors (Lipinski definition) is 9. The highest BCUT2D eigenvalue weighted by Gasteiger charge is 2.33. The quantitative estimate of drug-likeness (QED) is 0.419. The number of fused-ring (bicyclic) bond motifs is 1. The molecule has 0 radical (unpaired) electrons. The first kappa shape index (κ1) is 31.4. The van der Waals surface area contributed by atoms with Crippen LogP contribution in [0.2, 0.25) is 0 Å². The number of nitrogens with zero attached hydrogens (tertiary/aromatic N) is 3. The Labute approximate surface area is 246 Å². The highest BCUT2D eigenvalue weighted by molar-refractivity contribution is 7.91. The number of hydrogen-bond donors (Lipinski definition) is 2. The predicted octanol–water partition coefficient (Wildman–Crippen LogP) is 1.88. The number of likely N-dealkylation sites (N-methyl/N-ethyl adjacent to an activating group) is 1. The lowest BCUT2D eigenvalue weighted by atomic mass is 10.0. The Hall–Kier alpha value is -2.55. The molecule has 226 valence electrons. The van der Waals surface area contributed by atoms with Crippen LogP contribution in [0.25, 0.3) is 0 Å². The van der Waals surface area contributed by atoms with E-state index in [1.54, 1.807) is 47.5 Å². The number of aliphatic hydroxyl groups excluding tert-OH is 1. The zero-order valence-corrected chi connectivity index (χ0v) is 25.5. The second-order valence-electron chi connectivity index (χ2n) is 10.7. The van der Waals surface area contributed by atoms with Gasteiger partial charge in [0.2, 0.25) is 11.8 Å². The molecule has 1 fully saturated rings. The third-order valence-corrected chi connectivity index (χ3v) is 10.8.